The molecule has 1 saturated heterocycles. The molecule has 0 saturated carbocycles. The monoisotopic (exact) mass is 486 g/mol. The molecule has 2 aromatic rings. The molecular formula is C25H27ClN2O6. The minimum absolute atomic E-state index is 0.00175. The van der Waals surface area contributed by atoms with Crippen molar-refractivity contribution in [3.05, 3.63) is 58.6 Å². The van der Waals surface area contributed by atoms with Gasteiger partial charge in [0, 0.05) is 29.4 Å². The number of hydrogen-bond donors (Lipinski definition) is 1. The summed E-state index contributed by atoms with van der Waals surface area (Å²) in [5, 5.41) is 3.14. The fourth-order valence-corrected chi connectivity index (χ4v) is 3.57. The number of halogens is 1. The van der Waals surface area contributed by atoms with Crippen LogP contribution in [-0.4, -0.2) is 43.5 Å². The van der Waals surface area contributed by atoms with E-state index >= 15 is 0 Å². The Hall–Kier alpha value is -3.39. The zero-order valence-electron chi connectivity index (χ0n) is 19.1. The number of nitrogens with zero attached hydrogens (tertiary/aromatic N) is 1. The number of benzene rings is 2. The number of carbonyl (C=O) groups excluding carboxylic acids is 4. The first-order chi connectivity index (χ1) is 16.3. The maximum Gasteiger partial charge on any atom is 0.338 e. The second-order valence-corrected chi connectivity index (χ2v) is 8.47. The number of nitrogens with one attached hydrogen (secondary N) is 1. The minimum atomic E-state index is -0.668. The van der Waals surface area contributed by atoms with Crippen molar-refractivity contribution >= 4 is 46.7 Å². The second kappa shape index (κ2) is 11.7. The fraction of sp³-hybridized carbons (Fsp3) is 0.360. The Balaban J connectivity index is 1.46. The van der Waals surface area contributed by atoms with Gasteiger partial charge in [0.25, 0.3) is 5.91 Å². The zero-order valence-corrected chi connectivity index (χ0v) is 19.9. The van der Waals surface area contributed by atoms with Gasteiger partial charge in [0.05, 0.1) is 18.1 Å². The number of amides is 2. The predicted molar refractivity (Wildman–Crippen MR) is 128 cm³/mol. The van der Waals surface area contributed by atoms with Gasteiger partial charge in [-0.15, -0.1) is 0 Å². The fourth-order valence-electron chi connectivity index (χ4n) is 3.40. The summed E-state index contributed by atoms with van der Waals surface area (Å²) < 4.78 is 10.3. The molecular weight excluding hydrogens is 460 g/mol. The Labute approximate surface area is 203 Å². The maximum absolute atomic E-state index is 12.4. The Bertz CT molecular complexity index is 1070. The molecule has 1 aliphatic rings. The van der Waals surface area contributed by atoms with Crippen LogP contribution in [0, 0.1) is 12.8 Å². The summed E-state index contributed by atoms with van der Waals surface area (Å²) in [5.41, 5.74) is 2.34. The molecule has 0 spiro atoms. The maximum atomic E-state index is 12.4. The predicted octanol–water partition coefficient (Wildman–Crippen LogP) is 4.14. The van der Waals surface area contributed by atoms with Crippen LogP contribution in [0.1, 0.15) is 42.1 Å². The molecule has 1 heterocycles. The summed E-state index contributed by atoms with van der Waals surface area (Å²) in [7, 11) is 0. The minimum Gasteiger partial charge on any atom is -0.462 e. The van der Waals surface area contributed by atoms with E-state index in [0.29, 0.717) is 28.6 Å². The topological polar surface area (TPSA) is 102 Å². The molecule has 3 rings (SSSR count). The van der Waals surface area contributed by atoms with Gasteiger partial charge >= 0.3 is 11.9 Å². The van der Waals surface area contributed by atoms with Crippen molar-refractivity contribution in [2.45, 2.75) is 33.1 Å². The quantitative estimate of drug-likeness (QED) is 0.422. The number of anilines is 2. The van der Waals surface area contributed by atoms with E-state index in [2.05, 4.69) is 5.32 Å². The smallest absolute Gasteiger partial charge is 0.338 e. The van der Waals surface area contributed by atoms with Crippen LogP contribution in [-0.2, 0) is 23.9 Å². The first-order valence-electron chi connectivity index (χ1n) is 11.1. The third-order valence-electron chi connectivity index (χ3n) is 5.41. The number of rotatable bonds is 9. The van der Waals surface area contributed by atoms with Gasteiger partial charge in [-0.1, -0.05) is 31.0 Å². The Morgan fingerprint density at radius 1 is 1.12 bits per heavy atom. The summed E-state index contributed by atoms with van der Waals surface area (Å²) in [5.74, 6) is -2.45. The molecule has 1 N–H and O–H groups in total. The van der Waals surface area contributed by atoms with E-state index in [-0.39, 0.29) is 18.9 Å². The van der Waals surface area contributed by atoms with E-state index in [9.17, 15) is 19.2 Å². The number of aryl methyl sites for hydroxylation is 1. The van der Waals surface area contributed by atoms with Gasteiger partial charge in [-0.25, -0.2) is 4.79 Å². The van der Waals surface area contributed by atoms with Crippen molar-refractivity contribution in [3.63, 3.8) is 0 Å². The first kappa shape index (κ1) is 25.2. The zero-order chi connectivity index (χ0) is 24.7. The van der Waals surface area contributed by atoms with Crippen LogP contribution in [0.2, 0.25) is 5.02 Å². The van der Waals surface area contributed by atoms with E-state index < -0.39 is 30.4 Å². The van der Waals surface area contributed by atoms with Crippen molar-refractivity contribution in [2.24, 2.45) is 5.92 Å². The molecule has 0 aromatic heterocycles. The normalized spacial score (nSPS) is 15.2. The van der Waals surface area contributed by atoms with E-state index in [0.717, 1.165) is 18.4 Å². The third kappa shape index (κ3) is 6.57. The molecule has 180 valence electrons. The van der Waals surface area contributed by atoms with Crippen molar-refractivity contribution in [3.8, 4) is 0 Å². The van der Waals surface area contributed by atoms with Crippen LogP contribution in [0.3, 0.4) is 0 Å². The summed E-state index contributed by atoms with van der Waals surface area (Å²) >= 11 is 6.14. The average Bonchev–Trinajstić information content (AvgIpc) is 3.21. The number of hydrogen-bond acceptors (Lipinski definition) is 6. The van der Waals surface area contributed by atoms with E-state index in [1.807, 2.05) is 19.9 Å². The highest BCUT2D eigenvalue weighted by atomic mass is 35.5. The summed E-state index contributed by atoms with van der Waals surface area (Å²) in [6, 6.07) is 11.5. The Kier molecular flexibility index (Phi) is 8.65. The summed E-state index contributed by atoms with van der Waals surface area (Å²) in [6.07, 6.45) is 1.73. The van der Waals surface area contributed by atoms with Crippen molar-refractivity contribution in [1.82, 2.24) is 0 Å². The molecule has 0 aliphatic carbocycles. The lowest BCUT2D eigenvalue weighted by atomic mass is 10.1. The van der Waals surface area contributed by atoms with Gasteiger partial charge in [0.2, 0.25) is 5.91 Å². The van der Waals surface area contributed by atoms with Crippen LogP contribution in [0.15, 0.2) is 42.5 Å². The third-order valence-corrected chi connectivity index (χ3v) is 5.81. The first-order valence-corrected chi connectivity index (χ1v) is 11.5. The molecule has 8 nitrogen and oxygen atoms in total. The molecule has 1 aliphatic heterocycles. The molecule has 1 fully saturated rings. The van der Waals surface area contributed by atoms with Gasteiger partial charge in [-0.05, 0) is 55.3 Å². The molecule has 1 atom stereocenters. The molecule has 34 heavy (non-hydrogen) atoms. The molecule has 0 radical (unpaired) electrons. The molecule has 0 unspecified atom stereocenters. The standard InChI is InChI=1S/C25H27ClN2O6/c1-3-4-11-33-24(31)17-6-8-19(9-7-17)27-22(29)15-34-25(32)18-12-23(30)28(14-18)20-10-5-16(2)21(26)13-20/h5-10,13,18H,3-4,11-12,14-15H2,1-2H3,(H,27,29)/t18-/m0/s1. The highest BCUT2D eigenvalue weighted by molar-refractivity contribution is 6.31. The largest absolute Gasteiger partial charge is 0.462 e. The van der Waals surface area contributed by atoms with E-state index in [1.54, 1.807) is 36.4 Å². The molecule has 2 amide bonds. The van der Waals surface area contributed by atoms with Gasteiger partial charge in [0.15, 0.2) is 6.61 Å². The molecule has 2 aromatic carbocycles. The number of unbranched alkanes of at least 4 members (excludes halogenated alkanes) is 1. The number of esters is 2. The van der Waals surface area contributed by atoms with E-state index in [4.69, 9.17) is 21.1 Å². The summed E-state index contributed by atoms with van der Waals surface area (Å²) in [6.45, 7) is 3.91. The van der Waals surface area contributed by atoms with Crippen LogP contribution < -0.4 is 10.2 Å². The highest BCUT2D eigenvalue weighted by Gasteiger charge is 2.36. The van der Waals surface area contributed by atoms with Gasteiger partial charge in [0.1, 0.15) is 0 Å². The second-order valence-electron chi connectivity index (χ2n) is 8.06. The van der Waals surface area contributed by atoms with Crippen LogP contribution in [0.25, 0.3) is 0 Å². The van der Waals surface area contributed by atoms with Crippen LogP contribution in [0.5, 0.6) is 0 Å². The van der Waals surface area contributed by atoms with Gasteiger partial charge in [-0.2, -0.15) is 0 Å². The molecule has 9 heteroatoms. The van der Waals surface area contributed by atoms with E-state index in [1.165, 1.54) is 4.90 Å². The van der Waals surface area contributed by atoms with Crippen LogP contribution in [0.4, 0.5) is 11.4 Å². The Morgan fingerprint density at radius 2 is 1.85 bits per heavy atom. The number of carbonyl (C=O) groups is 4. The molecule has 0 bridgehead atoms. The lowest BCUT2D eigenvalue weighted by molar-refractivity contribution is -0.151. The number of ether oxygens (including phenoxy) is 2. The lowest BCUT2D eigenvalue weighted by Crippen LogP contribution is -2.28. The lowest BCUT2D eigenvalue weighted by Gasteiger charge is -2.17. The van der Waals surface area contributed by atoms with Crippen LogP contribution >= 0.6 is 11.6 Å². The highest BCUT2D eigenvalue weighted by Crippen LogP contribution is 2.29. The van der Waals surface area contributed by atoms with Crippen molar-refractivity contribution in [1.29, 1.82) is 0 Å². The SMILES string of the molecule is CCCCOC(=O)c1ccc(NC(=O)COC(=O)[C@H]2CC(=O)N(c3ccc(C)c(Cl)c3)C2)cc1. The average molecular weight is 487 g/mol. The summed E-state index contributed by atoms with van der Waals surface area (Å²) in [4.78, 5) is 50.4. The van der Waals surface area contributed by atoms with Gasteiger partial charge in [-0.3, -0.25) is 14.4 Å². The van der Waals surface area contributed by atoms with Gasteiger partial charge < -0.3 is 19.7 Å². The van der Waals surface area contributed by atoms with Crippen molar-refractivity contribution in [2.75, 3.05) is 30.0 Å². The van der Waals surface area contributed by atoms with Crippen molar-refractivity contribution < 1.29 is 28.7 Å². The Morgan fingerprint density at radius 3 is 2.53 bits per heavy atom.